The van der Waals surface area contributed by atoms with E-state index >= 15 is 0 Å². The topological polar surface area (TPSA) is 78.1 Å². The number of fused-ring (bicyclic) bond motifs is 3. The van der Waals surface area contributed by atoms with Crippen molar-refractivity contribution >= 4 is 32.9 Å². The molecule has 8 heteroatoms. The maximum Gasteiger partial charge on any atom is 0.243 e. The van der Waals surface area contributed by atoms with E-state index in [9.17, 15) is 8.42 Å². The lowest BCUT2D eigenvalue weighted by atomic mass is 10.2. The van der Waals surface area contributed by atoms with Crippen molar-refractivity contribution in [3.63, 3.8) is 0 Å². The fourth-order valence-corrected chi connectivity index (χ4v) is 6.24. The van der Waals surface area contributed by atoms with Crippen molar-refractivity contribution in [3.05, 3.63) is 46.2 Å². The average Bonchev–Trinajstić information content (AvgIpc) is 3.37. The number of aromatic amines is 1. The van der Waals surface area contributed by atoms with Gasteiger partial charge in [-0.3, -0.25) is 5.10 Å². The smallest absolute Gasteiger partial charge is 0.243 e. The molecule has 0 radical (unpaired) electrons. The van der Waals surface area contributed by atoms with E-state index in [0.29, 0.717) is 18.0 Å². The summed E-state index contributed by atoms with van der Waals surface area (Å²) >= 11 is 1.76. The minimum Gasteiger partial charge on any atom is -0.339 e. The highest BCUT2D eigenvalue weighted by molar-refractivity contribution is 7.89. The second kappa shape index (κ2) is 6.47. The zero-order valence-corrected chi connectivity index (χ0v) is 16.4. The summed E-state index contributed by atoms with van der Waals surface area (Å²) in [6.45, 7) is 1.23. The van der Waals surface area contributed by atoms with Crippen LogP contribution in [0.3, 0.4) is 0 Å². The second-order valence-corrected chi connectivity index (χ2v) is 9.91. The van der Waals surface area contributed by atoms with Crippen LogP contribution >= 0.6 is 11.3 Å². The number of hydrogen-bond donors (Lipinski definition) is 2. The predicted molar refractivity (Wildman–Crippen MR) is 107 cm³/mol. The molecule has 0 saturated carbocycles. The van der Waals surface area contributed by atoms with Gasteiger partial charge < -0.3 is 5.32 Å². The Kier molecular flexibility index (Phi) is 4.07. The standard InChI is InChI=1S/C19H20N4O2S2/c24-27(25,23-9-2-1-3-10-23)14-6-4-13(5-7-14)20-19-16-12-17-15(8-11-26-17)18(16)21-22-19/h4-8,11H,1-3,9-10,12H2,(H2,20,21,22). The molecule has 1 aromatic carbocycles. The first-order chi connectivity index (χ1) is 13.1. The van der Waals surface area contributed by atoms with Gasteiger partial charge in [0.25, 0.3) is 0 Å². The molecule has 0 unspecified atom stereocenters. The lowest BCUT2D eigenvalue weighted by Crippen LogP contribution is -2.35. The van der Waals surface area contributed by atoms with Crippen molar-refractivity contribution in [3.8, 4) is 11.3 Å². The molecule has 6 nitrogen and oxygen atoms in total. The molecule has 1 saturated heterocycles. The number of nitrogens with zero attached hydrogens (tertiary/aromatic N) is 2. The van der Waals surface area contributed by atoms with Crippen molar-refractivity contribution in [2.45, 2.75) is 30.6 Å². The summed E-state index contributed by atoms with van der Waals surface area (Å²) in [6.07, 6.45) is 3.86. The highest BCUT2D eigenvalue weighted by Gasteiger charge is 2.27. The molecule has 2 aromatic heterocycles. The van der Waals surface area contributed by atoms with Crippen LogP contribution in [0.2, 0.25) is 0 Å². The number of sulfonamides is 1. The highest BCUT2D eigenvalue weighted by Crippen LogP contribution is 2.41. The van der Waals surface area contributed by atoms with Crippen LogP contribution in [-0.4, -0.2) is 36.0 Å². The Labute approximate surface area is 162 Å². The van der Waals surface area contributed by atoms with E-state index in [4.69, 9.17) is 0 Å². The van der Waals surface area contributed by atoms with E-state index in [2.05, 4.69) is 27.0 Å². The third-order valence-electron chi connectivity index (χ3n) is 5.29. The number of H-pyrrole nitrogens is 1. The molecule has 1 fully saturated rings. The van der Waals surface area contributed by atoms with Crippen LogP contribution in [0.4, 0.5) is 11.5 Å². The zero-order valence-electron chi connectivity index (χ0n) is 14.7. The average molecular weight is 401 g/mol. The van der Waals surface area contributed by atoms with Gasteiger partial charge in [0.15, 0.2) is 5.82 Å². The first-order valence-corrected chi connectivity index (χ1v) is 11.5. The Hall–Kier alpha value is -2.16. The molecule has 27 heavy (non-hydrogen) atoms. The Morgan fingerprint density at radius 2 is 1.85 bits per heavy atom. The van der Waals surface area contributed by atoms with Crippen molar-refractivity contribution in [1.29, 1.82) is 0 Å². The van der Waals surface area contributed by atoms with Gasteiger partial charge in [-0.25, -0.2) is 8.42 Å². The lowest BCUT2D eigenvalue weighted by Gasteiger charge is -2.25. The molecule has 1 aliphatic heterocycles. The number of thiophene rings is 1. The molecule has 2 N–H and O–H groups in total. The molecule has 0 bridgehead atoms. The summed E-state index contributed by atoms with van der Waals surface area (Å²) in [7, 11) is -3.39. The number of aromatic nitrogens is 2. The van der Waals surface area contributed by atoms with Gasteiger partial charge in [-0.2, -0.15) is 9.40 Å². The predicted octanol–water partition coefficient (Wildman–Crippen LogP) is 3.96. The Bertz CT molecular complexity index is 1080. The van der Waals surface area contributed by atoms with Gasteiger partial charge in [-0.05, 0) is 48.6 Å². The summed E-state index contributed by atoms with van der Waals surface area (Å²) in [6, 6.07) is 9.09. The van der Waals surface area contributed by atoms with Crippen LogP contribution in [-0.2, 0) is 16.4 Å². The monoisotopic (exact) mass is 400 g/mol. The first-order valence-electron chi connectivity index (χ1n) is 9.14. The summed E-state index contributed by atoms with van der Waals surface area (Å²) in [5, 5.41) is 12.9. The first kappa shape index (κ1) is 17.0. The normalized spacial score (nSPS) is 16.9. The van der Waals surface area contributed by atoms with Crippen molar-refractivity contribution < 1.29 is 8.42 Å². The van der Waals surface area contributed by atoms with Gasteiger partial charge in [-0.1, -0.05) is 6.42 Å². The summed E-state index contributed by atoms with van der Waals surface area (Å²) in [5.41, 5.74) is 4.32. The number of piperidine rings is 1. The van der Waals surface area contributed by atoms with Crippen molar-refractivity contribution in [2.24, 2.45) is 0 Å². The van der Waals surface area contributed by atoms with Gasteiger partial charge in [0, 0.05) is 41.2 Å². The maximum atomic E-state index is 12.8. The fraction of sp³-hybridized carbons (Fsp3) is 0.316. The minimum atomic E-state index is -3.39. The largest absolute Gasteiger partial charge is 0.339 e. The van der Waals surface area contributed by atoms with Crippen molar-refractivity contribution in [1.82, 2.24) is 14.5 Å². The number of rotatable bonds is 4. The van der Waals surface area contributed by atoms with Crippen LogP contribution in [0.25, 0.3) is 11.3 Å². The number of nitrogens with one attached hydrogen (secondary N) is 2. The minimum absolute atomic E-state index is 0.351. The molecule has 3 heterocycles. The van der Waals surface area contributed by atoms with Crippen molar-refractivity contribution in [2.75, 3.05) is 18.4 Å². The fourth-order valence-electron chi connectivity index (χ4n) is 3.83. The molecule has 0 atom stereocenters. The molecule has 140 valence electrons. The summed E-state index contributed by atoms with van der Waals surface area (Å²) in [5.74, 6) is 0.806. The Morgan fingerprint density at radius 3 is 2.63 bits per heavy atom. The maximum absolute atomic E-state index is 12.8. The molecule has 5 rings (SSSR count). The van der Waals surface area contributed by atoms with Gasteiger partial charge in [-0.15, -0.1) is 11.3 Å². The quantitative estimate of drug-likeness (QED) is 0.543. The van der Waals surface area contributed by atoms with Gasteiger partial charge >= 0.3 is 0 Å². The van der Waals surface area contributed by atoms with Gasteiger partial charge in [0.2, 0.25) is 10.0 Å². The van der Waals surface area contributed by atoms with Crippen LogP contribution in [0.15, 0.2) is 40.6 Å². The summed E-state index contributed by atoms with van der Waals surface area (Å²) in [4.78, 5) is 1.70. The van der Waals surface area contributed by atoms with E-state index in [1.165, 1.54) is 16.0 Å². The second-order valence-electron chi connectivity index (χ2n) is 6.97. The molecule has 0 spiro atoms. The number of benzene rings is 1. The molecular formula is C19H20N4O2S2. The van der Waals surface area contributed by atoms with E-state index in [1.54, 1.807) is 27.8 Å². The van der Waals surface area contributed by atoms with E-state index in [1.807, 2.05) is 12.1 Å². The Balaban J connectivity index is 1.36. The molecule has 3 aromatic rings. The lowest BCUT2D eigenvalue weighted by molar-refractivity contribution is 0.346. The third kappa shape index (κ3) is 2.88. The van der Waals surface area contributed by atoms with Crippen LogP contribution in [0.5, 0.6) is 0 Å². The number of hydrogen-bond acceptors (Lipinski definition) is 5. The summed E-state index contributed by atoms with van der Waals surface area (Å²) < 4.78 is 27.1. The van der Waals surface area contributed by atoms with Gasteiger partial charge in [0.05, 0.1) is 10.6 Å². The zero-order chi connectivity index (χ0) is 18.4. The van der Waals surface area contributed by atoms with Crippen LogP contribution < -0.4 is 5.32 Å². The SMILES string of the molecule is O=S(=O)(c1ccc(Nc2n[nH]c3c2Cc2sccc2-3)cc1)N1CCCCC1. The molecular weight excluding hydrogens is 380 g/mol. The van der Waals surface area contributed by atoms with E-state index in [-0.39, 0.29) is 0 Å². The van der Waals surface area contributed by atoms with E-state index < -0.39 is 10.0 Å². The Morgan fingerprint density at radius 1 is 1.07 bits per heavy atom. The molecule has 1 aliphatic carbocycles. The van der Waals surface area contributed by atoms with Crippen LogP contribution in [0.1, 0.15) is 29.7 Å². The van der Waals surface area contributed by atoms with Crippen LogP contribution in [0, 0.1) is 0 Å². The highest BCUT2D eigenvalue weighted by atomic mass is 32.2. The van der Waals surface area contributed by atoms with E-state index in [0.717, 1.165) is 42.9 Å². The number of anilines is 2. The van der Waals surface area contributed by atoms with Gasteiger partial charge in [0.1, 0.15) is 0 Å². The molecule has 2 aliphatic rings. The molecule has 0 amide bonds. The third-order valence-corrected chi connectivity index (χ3v) is 8.12.